The summed E-state index contributed by atoms with van der Waals surface area (Å²) in [5.41, 5.74) is 0.842. The molecule has 2 aromatic carbocycles. The van der Waals surface area contributed by atoms with Gasteiger partial charge in [0.1, 0.15) is 6.61 Å². The van der Waals surface area contributed by atoms with Gasteiger partial charge in [-0.15, -0.1) is 10.2 Å². The summed E-state index contributed by atoms with van der Waals surface area (Å²) in [5.74, 6) is 0.789. The Morgan fingerprint density at radius 3 is 2.59 bits per heavy atom. The van der Waals surface area contributed by atoms with Crippen molar-refractivity contribution in [1.29, 1.82) is 0 Å². The summed E-state index contributed by atoms with van der Waals surface area (Å²) in [4.78, 5) is 12.1. The first kappa shape index (κ1) is 20.9. The lowest BCUT2D eigenvalue weighted by Gasteiger charge is -2.11. The lowest BCUT2D eigenvalue weighted by molar-refractivity contribution is -0.118. The van der Waals surface area contributed by atoms with Gasteiger partial charge >= 0.3 is 0 Å². The predicted octanol–water partition coefficient (Wildman–Crippen LogP) is 3.85. The molecule has 0 fully saturated rings. The number of rotatable bonds is 9. The number of ether oxygens (including phenoxy) is 1. The van der Waals surface area contributed by atoms with E-state index in [4.69, 9.17) is 4.74 Å². The number of hydrogen-bond acceptors (Lipinski definition) is 5. The Labute approximate surface area is 173 Å². The summed E-state index contributed by atoms with van der Waals surface area (Å²) in [5, 5.41) is 11.9. The SMILES string of the molecule is CC(C)CNC(=O)CSc1nnc(COc2ccccc2F)n1-c1ccccc1. The highest BCUT2D eigenvalue weighted by molar-refractivity contribution is 7.99. The van der Waals surface area contributed by atoms with Crippen molar-refractivity contribution in [1.82, 2.24) is 20.1 Å². The second-order valence-corrected chi connectivity index (χ2v) is 7.72. The third-order valence-electron chi connectivity index (χ3n) is 3.95. The van der Waals surface area contributed by atoms with E-state index in [1.54, 1.807) is 18.2 Å². The monoisotopic (exact) mass is 414 g/mol. The average molecular weight is 415 g/mol. The van der Waals surface area contributed by atoms with Crippen LogP contribution >= 0.6 is 11.8 Å². The molecule has 0 saturated carbocycles. The normalized spacial score (nSPS) is 10.9. The molecule has 0 aliphatic heterocycles. The Morgan fingerprint density at radius 2 is 1.86 bits per heavy atom. The van der Waals surface area contributed by atoms with Crippen molar-refractivity contribution in [3.8, 4) is 11.4 Å². The molecule has 0 unspecified atom stereocenters. The molecule has 8 heteroatoms. The van der Waals surface area contributed by atoms with E-state index in [0.29, 0.717) is 23.4 Å². The summed E-state index contributed by atoms with van der Waals surface area (Å²) >= 11 is 1.29. The van der Waals surface area contributed by atoms with Crippen LogP contribution in [0.25, 0.3) is 5.69 Å². The van der Waals surface area contributed by atoms with Crippen molar-refractivity contribution in [3.05, 3.63) is 66.2 Å². The highest BCUT2D eigenvalue weighted by Gasteiger charge is 2.17. The minimum Gasteiger partial charge on any atom is -0.483 e. The smallest absolute Gasteiger partial charge is 0.230 e. The maximum atomic E-state index is 13.8. The van der Waals surface area contributed by atoms with Crippen molar-refractivity contribution in [2.24, 2.45) is 5.92 Å². The fourth-order valence-electron chi connectivity index (χ4n) is 2.53. The van der Waals surface area contributed by atoms with Gasteiger partial charge in [0.05, 0.1) is 5.75 Å². The summed E-state index contributed by atoms with van der Waals surface area (Å²) in [6, 6.07) is 15.8. The largest absolute Gasteiger partial charge is 0.483 e. The first-order valence-corrected chi connectivity index (χ1v) is 10.3. The van der Waals surface area contributed by atoms with Crippen LogP contribution in [0.4, 0.5) is 4.39 Å². The highest BCUT2D eigenvalue weighted by atomic mass is 32.2. The van der Waals surface area contributed by atoms with Crippen LogP contribution in [0.15, 0.2) is 59.8 Å². The Kier molecular flexibility index (Phi) is 7.24. The maximum absolute atomic E-state index is 13.8. The fourth-order valence-corrected chi connectivity index (χ4v) is 3.33. The van der Waals surface area contributed by atoms with Crippen LogP contribution in [0.1, 0.15) is 19.7 Å². The summed E-state index contributed by atoms with van der Waals surface area (Å²) in [6.45, 7) is 4.76. The van der Waals surface area contributed by atoms with E-state index in [1.807, 2.05) is 48.7 Å². The predicted molar refractivity (Wildman–Crippen MR) is 111 cm³/mol. The Bertz CT molecular complexity index is 947. The van der Waals surface area contributed by atoms with Crippen LogP contribution in [0.2, 0.25) is 0 Å². The summed E-state index contributed by atoms with van der Waals surface area (Å²) in [6.07, 6.45) is 0. The number of halogens is 1. The Hall–Kier alpha value is -2.87. The molecule has 29 heavy (non-hydrogen) atoms. The number of aromatic nitrogens is 3. The summed E-state index contributed by atoms with van der Waals surface area (Å²) in [7, 11) is 0. The van der Waals surface area contributed by atoms with E-state index < -0.39 is 5.82 Å². The molecule has 0 spiro atoms. The van der Waals surface area contributed by atoms with Crippen molar-refractivity contribution in [3.63, 3.8) is 0 Å². The fraction of sp³-hybridized carbons (Fsp3) is 0.286. The van der Waals surface area contributed by atoms with E-state index in [1.165, 1.54) is 17.8 Å². The van der Waals surface area contributed by atoms with E-state index in [2.05, 4.69) is 15.5 Å². The number of nitrogens with one attached hydrogen (secondary N) is 1. The molecule has 0 saturated heterocycles. The lowest BCUT2D eigenvalue weighted by atomic mass is 10.2. The van der Waals surface area contributed by atoms with Crippen LogP contribution < -0.4 is 10.1 Å². The maximum Gasteiger partial charge on any atom is 0.230 e. The van der Waals surface area contributed by atoms with Gasteiger partial charge in [0.25, 0.3) is 0 Å². The number of thioether (sulfide) groups is 1. The molecule has 3 aromatic rings. The molecule has 0 bridgehead atoms. The topological polar surface area (TPSA) is 69.0 Å². The molecule has 0 radical (unpaired) electrons. The van der Waals surface area contributed by atoms with E-state index in [9.17, 15) is 9.18 Å². The van der Waals surface area contributed by atoms with Crippen LogP contribution in [-0.2, 0) is 11.4 Å². The first-order valence-electron chi connectivity index (χ1n) is 9.31. The van der Waals surface area contributed by atoms with Gasteiger partial charge in [0.2, 0.25) is 5.91 Å². The highest BCUT2D eigenvalue weighted by Crippen LogP contribution is 2.23. The lowest BCUT2D eigenvalue weighted by Crippen LogP contribution is -2.28. The number of nitrogens with zero attached hydrogens (tertiary/aromatic N) is 3. The van der Waals surface area contributed by atoms with Gasteiger partial charge in [-0.05, 0) is 30.2 Å². The third-order valence-corrected chi connectivity index (χ3v) is 4.88. The Balaban J connectivity index is 1.77. The molecular weight excluding hydrogens is 391 g/mol. The molecule has 0 atom stereocenters. The van der Waals surface area contributed by atoms with Crippen molar-refractivity contribution >= 4 is 17.7 Å². The standard InChI is InChI=1S/C21H23FN4O2S/c1-15(2)12-23-20(27)14-29-21-25-24-19(26(21)16-8-4-3-5-9-16)13-28-18-11-7-6-10-17(18)22/h3-11,15H,12-14H2,1-2H3,(H,23,27). The van der Waals surface area contributed by atoms with Crippen LogP contribution in [-0.4, -0.2) is 33.0 Å². The number of carbonyl (C=O) groups is 1. The van der Waals surface area contributed by atoms with Gasteiger partial charge in [0.15, 0.2) is 22.5 Å². The summed E-state index contributed by atoms with van der Waals surface area (Å²) < 4.78 is 21.3. The number of hydrogen-bond donors (Lipinski definition) is 1. The minimum atomic E-state index is -0.435. The van der Waals surface area contributed by atoms with E-state index in [-0.39, 0.29) is 24.0 Å². The van der Waals surface area contributed by atoms with Crippen molar-refractivity contribution in [2.75, 3.05) is 12.3 Å². The molecular formula is C21H23FN4O2S. The molecule has 152 valence electrons. The minimum absolute atomic E-state index is 0.0446. The number of amides is 1. The van der Waals surface area contributed by atoms with Gasteiger partial charge in [-0.2, -0.15) is 0 Å². The van der Waals surface area contributed by atoms with E-state index in [0.717, 1.165) is 5.69 Å². The average Bonchev–Trinajstić information content (AvgIpc) is 3.13. The van der Waals surface area contributed by atoms with Gasteiger partial charge in [-0.25, -0.2) is 4.39 Å². The van der Waals surface area contributed by atoms with Crippen molar-refractivity contribution in [2.45, 2.75) is 25.6 Å². The molecule has 0 aliphatic carbocycles. The second-order valence-electron chi connectivity index (χ2n) is 6.78. The first-order chi connectivity index (χ1) is 14.0. The van der Waals surface area contributed by atoms with Crippen LogP contribution in [0.5, 0.6) is 5.75 Å². The zero-order chi connectivity index (χ0) is 20.6. The van der Waals surface area contributed by atoms with E-state index >= 15 is 0 Å². The quantitative estimate of drug-likeness (QED) is 0.539. The zero-order valence-corrected chi connectivity index (χ0v) is 17.2. The molecule has 6 nitrogen and oxygen atoms in total. The molecule has 1 amide bonds. The second kappa shape index (κ2) is 10.1. The van der Waals surface area contributed by atoms with Gasteiger partial charge < -0.3 is 10.1 Å². The molecule has 1 N–H and O–H groups in total. The van der Waals surface area contributed by atoms with Gasteiger partial charge in [0, 0.05) is 12.2 Å². The molecule has 3 rings (SSSR count). The molecule has 0 aliphatic rings. The van der Waals surface area contributed by atoms with Crippen LogP contribution in [0.3, 0.4) is 0 Å². The number of para-hydroxylation sites is 2. The zero-order valence-electron chi connectivity index (χ0n) is 16.3. The third kappa shape index (κ3) is 5.80. The van der Waals surface area contributed by atoms with Gasteiger partial charge in [-0.1, -0.05) is 55.9 Å². The molecule has 1 heterocycles. The molecule has 1 aromatic heterocycles. The van der Waals surface area contributed by atoms with Crippen molar-refractivity contribution < 1.29 is 13.9 Å². The number of carbonyl (C=O) groups excluding carboxylic acids is 1. The van der Waals surface area contributed by atoms with Crippen LogP contribution in [0, 0.1) is 11.7 Å². The Morgan fingerprint density at radius 1 is 1.14 bits per heavy atom. The van der Waals surface area contributed by atoms with Gasteiger partial charge in [-0.3, -0.25) is 9.36 Å². The number of benzene rings is 2.